The van der Waals surface area contributed by atoms with Gasteiger partial charge < -0.3 is 19.4 Å². The number of hydrogen-bond acceptors (Lipinski definition) is 4. The minimum atomic E-state index is -4.58. The smallest absolute Gasteiger partial charge is 0.469 e. The highest BCUT2D eigenvalue weighted by atomic mass is 31.2. The number of aryl methyl sites for hydroxylation is 1. The number of amides is 1. The Labute approximate surface area is 221 Å². The number of methoxy groups -OCH3 is 1. The molecule has 7 nitrogen and oxygen atoms in total. The first-order valence-corrected chi connectivity index (χ1v) is 15.0. The second-order valence-corrected chi connectivity index (χ2v) is 11.3. The van der Waals surface area contributed by atoms with Crippen LogP contribution in [0, 0.1) is 5.92 Å². The summed E-state index contributed by atoms with van der Waals surface area (Å²) in [6.07, 6.45) is 9.93. The van der Waals surface area contributed by atoms with E-state index >= 15 is 0 Å². The normalized spacial score (nSPS) is 17.0. The summed E-state index contributed by atoms with van der Waals surface area (Å²) in [5, 5.41) is 0. The van der Waals surface area contributed by atoms with Crippen LogP contribution in [0.15, 0.2) is 48.5 Å². The van der Waals surface area contributed by atoms with E-state index in [2.05, 4.69) is 35.7 Å². The molecule has 2 atom stereocenters. The highest BCUT2D eigenvalue weighted by Gasteiger charge is 2.38. The van der Waals surface area contributed by atoms with Crippen molar-refractivity contribution in [1.82, 2.24) is 4.90 Å². The molecule has 0 bridgehead atoms. The van der Waals surface area contributed by atoms with Crippen LogP contribution in [0.2, 0.25) is 0 Å². The number of phosphoric acid groups is 1. The van der Waals surface area contributed by atoms with Crippen molar-refractivity contribution in [3.8, 4) is 5.75 Å². The van der Waals surface area contributed by atoms with Gasteiger partial charge in [-0.1, -0.05) is 69.0 Å². The van der Waals surface area contributed by atoms with Gasteiger partial charge in [0.15, 0.2) is 0 Å². The highest BCUT2D eigenvalue weighted by molar-refractivity contribution is 7.46. The summed E-state index contributed by atoms with van der Waals surface area (Å²) in [6.45, 7) is 2.48. The van der Waals surface area contributed by atoms with Gasteiger partial charge >= 0.3 is 7.82 Å². The molecule has 1 aliphatic carbocycles. The van der Waals surface area contributed by atoms with Crippen molar-refractivity contribution in [2.24, 2.45) is 5.92 Å². The zero-order valence-electron chi connectivity index (χ0n) is 22.2. The summed E-state index contributed by atoms with van der Waals surface area (Å²) in [7, 11) is -2.98. The van der Waals surface area contributed by atoms with Gasteiger partial charge in [-0.3, -0.25) is 9.32 Å². The molecule has 1 saturated carbocycles. The number of phosphoric ester groups is 1. The Bertz CT molecular complexity index is 1000. The van der Waals surface area contributed by atoms with Gasteiger partial charge in [-0.15, -0.1) is 0 Å². The molecule has 1 fully saturated rings. The zero-order valence-corrected chi connectivity index (χ0v) is 23.1. The molecule has 204 valence electrons. The van der Waals surface area contributed by atoms with Crippen LogP contribution in [0.5, 0.6) is 5.75 Å². The molecule has 0 unspecified atom stereocenters. The van der Waals surface area contributed by atoms with Crippen LogP contribution < -0.4 is 4.74 Å². The van der Waals surface area contributed by atoms with Crippen molar-refractivity contribution in [2.75, 3.05) is 20.3 Å². The molecule has 8 heteroatoms. The summed E-state index contributed by atoms with van der Waals surface area (Å²) in [6, 6.07) is 16.4. The lowest BCUT2D eigenvalue weighted by molar-refractivity contribution is -0.132. The highest BCUT2D eigenvalue weighted by Crippen LogP contribution is 2.50. The molecule has 0 aromatic heterocycles. The molecule has 2 N–H and O–H groups in total. The fraction of sp³-hybridized carbons (Fsp3) is 0.552. The average Bonchev–Trinajstić information content (AvgIpc) is 3.66. The van der Waals surface area contributed by atoms with Gasteiger partial charge in [-0.05, 0) is 66.3 Å². The van der Waals surface area contributed by atoms with E-state index < -0.39 is 7.82 Å². The summed E-state index contributed by atoms with van der Waals surface area (Å²) < 4.78 is 20.9. The number of hydrogen-bond donors (Lipinski definition) is 2. The first kappa shape index (κ1) is 29.4. The monoisotopic (exact) mass is 531 g/mol. The van der Waals surface area contributed by atoms with Gasteiger partial charge in [0.1, 0.15) is 5.75 Å². The zero-order chi connectivity index (χ0) is 26.7. The van der Waals surface area contributed by atoms with Crippen molar-refractivity contribution >= 4 is 13.7 Å². The molecule has 2 aromatic rings. The third-order valence-electron chi connectivity index (χ3n) is 7.13. The Morgan fingerprint density at radius 2 is 1.68 bits per heavy atom. The Balaban J connectivity index is 1.47. The second kappa shape index (κ2) is 14.7. The Kier molecular flexibility index (Phi) is 11.7. The van der Waals surface area contributed by atoms with E-state index in [1.165, 1.54) is 43.2 Å². The average molecular weight is 532 g/mol. The van der Waals surface area contributed by atoms with Crippen molar-refractivity contribution < 1.29 is 28.4 Å². The standard InChI is InChI=1S/C29H42NO6P/c1-3-4-5-6-7-8-23-9-13-25(14-10-23)28-21-26(28)15-18-29(31)30(19-20-36-37(32,33)34)22-24-11-16-27(35-2)17-12-24/h9-14,16-17,26,28H,3-8,15,18-22H2,1-2H3,(H2,32,33,34)/t26-,28+/m1/s1. The summed E-state index contributed by atoms with van der Waals surface area (Å²) in [4.78, 5) is 32.7. The van der Waals surface area contributed by atoms with Gasteiger partial charge in [0.2, 0.25) is 5.91 Å². The molecule has 1 aliphatic rings. The molecule has 0 saturated heterocycles. The SMILES string of the molecule is CCCCCCCc1ccc([C@@H]2C[C@H]2CCC(=O)N(CCOP(=O)(O)O)Cc2ccc(OC)cc2)cc1. The number of carbonyl (C=O) groups excluding carboxylic acids is 1. The topological polar surface area (TPSA) is 96.3 Å². The molecule has 3 rings (SSSR count). The van der Waals surface area contributed by atoms with Crippen LogP contribution in [0.25, 0.3) is 0 Å². The number of nitrogens with zero attached hydrogens (tertiary/aromatic N) is 1. The van der Waals surface area contributed by atoms with E-state index in [-0.39, 0.29) is 19.1 Å². The van der Waals surface area contributed by atoms with Crippen molar-refractivity contribution in [2.45, 2.75) is 77.2 Å². The van der Waals surface area contributed by atoms with E-state index in [1.54, 1.807) is 12.0 Å². The number of unbranched alkanes of at least 4 members (excludes halogenated alkanes) is 4. The lowest BCUT2D eigenvalue weighted by Gasteiger charge is -2.23. The number of rotatable bonds is 17. The van der Waals surface area contributed by atoms with Gasteiger partial charge in [0, 0.05) is 19.5 Å². The maximum atomic E-state index is 13.1. The van der Waals surface area contributed by atoms with E-state index in [9.17, 15) is 9.36 Å². The van der Waals surface area contributed by atoms with E-state index in [1.807, 2.05) is 24.3 Å². The molecule has 1 amide bonds. The first-order valence-electron chi connectivity index (χ1n) is 13.5. The Hall–Kier alpha value is -2.18. The predicted octanol–water partition coefficient (Wildman–Crippen LogP) is 6.23. The summed E-state index contributed by atoms with van der Waals surface area (Å²) in [5.74, 6) is 1.71. The minimum Gasteiger partial charge on any atom is -0.497 e. The first-order chi connectivity index (χ1) is 17.8. The van der Waals surface area contributed by atoms with Crippen LogP contribution in [-0.2, 0) is 26.8 Å². The second-order valence-electron chi connectivity index (χ2n) is 10.0. The maximum Gasteiger partial charge on any atom is 0.469 e. The van der Waals surface area contributed by atoms with E-state index in [0.29, 0.717) is 24.8 Å². The van der Waals surface area contributed by atoms with Gasteiger partial charge in [0.25, 0.3) is 0 Å². The fourth-order valence-electron chi connectivity index (χ4n) is 4.82. The van der Waals surface area contributed by atoms with Gasteiger partial charge in [-0.25, -0.2) is 4.57 Å². The van der Waals surface area contributed by atoms with E-state index in [0.717, 1.165) is 30.6 Å². The van der Waals surface area contributed by atoms with Crippen molar-refractivity contribution in [1.29, 1.82) is 0 Å². The van der Waals surface area contributed by atoms with Crippen molar-refractivity contribution in [3.63, 3.8) is 0 Å². The van der Waals surface area contributed by atoms with Crippen LogP contribution >= 0.6 is 7.82 Å². The quantitative estimate of drug-likeness (QED) is 0.186. The predicted molar refractivity (Wildman–Crippen MR) is 145 cm³/mol. The molecule has 0 aliphatic heterocycles. The van der Waals surface area contributed by atoms with Gasteiger partial charge in [0.05, 0.1) is 13.7 Å². The molecule has 0 spiro atoms. The summed E-state index contributed by atoms with van der Waals surface area (Å²) >= 11 is 0. The van der Waals surface area contributed by atoms with Crippen LogP contribution in [0.3, 0.4) is 0 Å². The third kappa shape index (κ3) is 10.6. The Morgan fingerprint density at radius 3 is 2.32 bits per heavy atom. The lowest BCUT2D eigenvalue weighted by atomic mass is 10.0. The van der Waals surface area contributed by atoms with Crippen LogP contribution in [0.1, 0.15) is 80.9 Å². The third-order valence-corrected chi connectivity index (χ3v) is 7.65. The summed E-state index contributed by atoms with van der Waals surface area (Å²) in [5.41, 5.74) is 3.68. The van der Waals surface area contributed by atoms with Crippen LogP contribution in [0.4, 0.5) is 0 Å². The molecule has 0 heterocycles. The van der Waals surface area contributed by atoms with Gasteiger partial charge in [-0.2, -0.15) is 0 Å². The number of benzene rings is 2. The molecule has 37 heavy (non-hydrogen) atoms. The fourth-order valence-corrected chi connectivity index (χ4v) is 5.14. The Morgan fingerprint density at radius 1 is 1.00 bits per heavy atom. The number of carbonyl (C=O) groups is 1. The number of ether oxygens (including phenoxy) is 1. The largest absolute Gasteiger partial charge is 0.497 e. The lowest BCUT2D eigenvalue weighted by Crippen LogP contribution is -2.33. The van der Waals surface area contributed by atoms with Crippen molar-refractivity contribution in [3.05, 3.63) is 65.2 Å². The molecule has 2 aromatic carbocycles. The maximum absolute atomic E-state index is 13.1. The van der Waals surface area contributed by atoms with E-state index in [4.69, 9.17) is 14.5 Å². The minimum absolute atomic E-state index is 0.0331. The molecular formula is C29H42NO6P. The van der Waals surface area contributed by atoms with Crippen LogP contribution in [-0.4, -0.2) is 40.9 Å². The molecular weight excluding hydrogens is 489 g/mol. The molecule has 0 radical (unpaired) electrons.